The number of aromatic amines is 1. The number of phenols is 1. The van der Waals surface area contributed by atoms with Gasteiger partial charge >= 0.3 is 0 Å². The molecule has 1 amide bonds. The smallest absolute Gasteiger partial charge is 0.270 e. The van der Waals surface area contributed by atoms with E-state index in [9.17, 15) is 9.90 Å². The van der Waals surface area contributed by atoms with E-state index in [1.807, 2.05) is 29.2 Å². The summed E-state index contributed by atoms with van der Waals surface area (Å²) >= 11 is 0. The van der Waals surface area contributed by atoms with Crippen molar-refractivity contribution in [1.82, 2.24) is 14.8 Å². The van der Waals surface area contributed by atoms with Gasteiger partial charge in [0, 0.05) is 44.0 Å². The quantitative estimate of drug-likeness (QED) is 0.882. The van der Waals surface area contributed by atoms with Crippen molar-refractivity contribution in [2.75, 3.05) is 44.7 Å². The van der Waals surface area contributed by atoms with Crippen molar-refractivity contribution in [3.63, 3.8) is 0 Å². The molecule has 1 fully saturated rings. The van der Waals surface area contributed by atoms with Crippen LogP contribution in [0.1, 0.15) is 16.1 Å². The fourth-order valence-corrected chi connectivity index (χ4v) is 3.35. The second-order valence-corrected chi connectivity index (χ2v) is 6.61. The minimum absolute atomic E-state index is 0.0570. The molecule has 6 nitrogen and oxygen atoms in total. The number of fused-ring (bicyclic) bond motifs is 1. The van der Waals surface area contributed by atoms with Crippen LogP contribution in [0.3, 0.4) is 0 Å². The number of hydrogen-bond acceptors (Lipinski definition) is 4. The predicted molar refractivity (Wildman–Crippen MR) is 98.3 cm³/mol. The Balaban J connectivity index is 1.60. The van der Waals surface area contributed by atoms with Gasteiger partial charge in [0.15, 0.2) is 0 Å². The number of benzene rings is 1. The number of phenolic OH excluding ortho intramolecular Hbond substituents is 1. The molecule has 2 aliphatic heterocycles. The van der Waals surface area contributed by atoms with Gasteiger partial charge in [0.05, 0.1) is 0 Å². The van der Waals surface area contributed by atoms with Crippen LogP contribution in [0.5, 0.6) is 5.75 Å². The second kappa shape index (κ2) is 6.29. The average Bonchev–Trinajstić information content (AvgIpc) is 3.07. The summed E-state index contributed by atoms with van der Waals surface area (Å²) in [7, 11) is 2.08. The fourth-order valence-electron chi connectivity index (χ4n) is 3.35. The molecule has 25 heavy (non-hydrogen) atoms. The van der Waals surface area contributed by atoms with Gasteiger partial charge in [0.2, 0.25) is 0 Å². The third-order valence-corrected chi connectivity index (χ3v) is 4.86. The Kier molecular flexibility index (Phi) is 3.97. The Morgan fingerprint density at radius 1 is 1.12 bits per heavy atom. The number of anilines is 2. The third-order valence-electron chi connectivity index (χ3n) is 4.86. The molecule has 0 spiro atoms. The number of nitrogens with zero attached hydrogens (tertiary/aromatic N) is 3. The molecular formula is C19H22N4O2. The molecule has 0 atom stereocenters. The number of likely N-dealkylation sites (N-methyl/N-ethyl adjacent to an activating group) is 1. The summed E-state index contributed by atoms with van der Waals surface area (Å²) in [5.41, 5.74) is 2.62. The zero-order valence-corrected chi connectivity index (χ0v) is 14.3. The van der Waals surface area contributed by atoms with Crippen LogP contribution in [0.25, 0.3) is 6.08 Å². The first-order valence-electron chi connectivity index (χ1n) is 8.56. The first-order valence-corrected chi connectivity index (χ1v) is 8.56. The van der Waals surface area contributed by atoms with Crippen LogP contribution in [-0.2, 0) is 0 Å². The summed E-state index contributed by atoms with van der Waals surface area (Å²) in [4.78, 5) is 22.4. The molecule has 1 saturated heterocycles. The second-order valence-electron chi connectivity index (χ2n) is 6.61. The number of piperazine rings is 1. The van der Waals surface area contributed by atoms with Crippen LogP contribution in [0, 0.1) is 0 Å². The summed E-state index contributed by atoms with van der Waals surface area (Å²) in [6.45, 7) is 4.06. The lowest BCUT2D eigenvalue weighted by molar-refractivity contribution is 0.0659. The van der Waals surface area contributed by atoms with E-state index in [0.29, 0.717) is 5.69 Å². The lowest BCUT2D eigenvalue weighted by Crippen LogP contribution is -2.47. The van der Waals surface area contributed by atoms with E-state index in [1.165, 1.54) is 0 Å². The highest BCUT2D eigenvalue weighted by atomic mass is 16.3. The monoisotopic (exact) mass is 338 g/mol. The maximum atomic E-state index is 12.8. The van der Waals surface area contributed by atoms with E-state index < -0.39 is 0 Å². The fraction of sp³-hybridized carbons (Fsp3) is 0.316. The molecule has 1 aromatic heterocycles. The van der Waals surface area contributed by atoms with Crippen LogP contribution < -0.4 is 4.90 Å². The standard InChI is InChI=1S/C19H22N4O2/c1-21-9-11-22(12-10-21)19(25)17-13-14-3-2-8-23(18(14)20-17)15-4-6-16(24)7-5-15/h2-7,13,20,24H,8-12H2,1H3. The highest BCUT2D eigenvalue weighted by molar-refractivity contribution is 5.95. The zero-order chi connectivity index (χ0) is 17.4. The van der Waals surface area contributed by atoms with Crippen LogP contribution in [0.4, 0.5) is 11.5 Å². The Hall–Kier alpha value is -2.73. The molecule has 0 aliphatic carbocycles. The van der Waals surface area contributed by atoms with E-state index in [1.54, 1.807) is 12.1 Å². The molecule has 0 bridgehead atoms. The van der Waals surface area contributed by atoms with Crippen molar-refractivity contribution >= 4 is 23.5 Å². The number of hydrogen-bond donors (Lipinski definition) is 2. The SMILES string of the molecule is CN1CCN(C(=O)c2cc3c([nH]2)N(c2ccc(O)cc2)CC=C3)CC1. The number of carbonyl (C=O) groups is 1. The van der Waals surface area contributed by atoms with E-state index in [4.69, 9.17) is 0 Å². The highest BCUT2D eigenvalue weighted by Crippen LogP contribution is 2.33. The number of H-pyrrole nitrogens is 1. The number of nitrogens with one attached hydrogen (secondary N) is 1. The van der Waals surface area contributed by atoms with Crippen molar-refractivity contribution < 1.29 is 9.90 Å². The van der Waals surface area contributed by atoms with Gasteiger partial charge in [-0.15, -0.1) is 0 Å². The first kappa shape index (κ1) is 15.8. The van der Waals surface area contributed by atoms with Gasteiger partial charge in [0.25, 0.3) is 5.91 Å². The molecule has 0 unspecified atom stereocenters. The normalized spacial score (nSPS) is 17.6. The van der Waals surface area contributed by atoms with Crippen LogP contribution in [0.15, 0.2) is 36.4 Å². The Morgan fingerprint density at radius 3 is 2.56 bits per heavy atom. The predicted octanol–water partition coefficient (Wildman–Crippen LogP) is 2.27. The van der Waals surface area contributed by atoms with Gasteiger partial charge < -0.3 is 24.8 Å². The molecule has 4 rings (SSSR count). The van der Waals surface area contributed by atoms with E-state index in [0.717, 1.165) is 49.8 Å². The maximum Gasteiger partial charge on any atom is 0.270 e. The topological polar surface area (TPSA) is 62.8 Å². The van der Waals surface area contributed by atoms with Gasteiger partial charge in [0.1, 0.15) is 17.3 Å². The third kappa shape index (κ3) is 3.00. The number of rotatable bonds is 2. The minimum Gasteiger partial charge on any atom is -0.508 e. The molecule has 2 aromatic rings. The summed E-state index contributed by atoms with van der Waals surface area (Å²) < 4.78 is 0. The Bertz CT molecular complexity index is 801. The van der Waals surface area contributed by atoms with Crippen molar-refractivity contribution in [3.05, 3.63) is 47.7 Å². The molecule has 1 aromatic carbocycles. The van der Waals surface area contributed by atoms with Gasteiger partial charge in [-0.3, -0.25) is 4.79 Å². The van der Waals surface area contributed by atoms with Crippen molar-refractivity contribution in [2.45, 2.75) is 0 Å². The zero-order valence-electron chi connectivity index (χ0n) is 14.3. The lowest BCUT2D eigenvalue weighted by atomic mass is 10.1. The van der Waals surface area contributed by atoms with Crippen molar-refractivity contribution in [2.24, 2.45) is 0 Å². The van der Waals surface area contributed by atoms with Crippen molar-refractivity contribution in [1.29, 1.82) is 0 Å². The summed E-state index contributed by atoms with van der Waals surface area (Å²) in [6.07, 6.45) is 4.12. The molecule has 2 N–H and O–H groups in total. The van der Waals surface area contributed by atoms with Crippen LogP contribution >= 0.6 is 0 Å². The number of aromatic hydroxyl groups is 1. The van der Waals surface area contributed by atoms with Crippen LogP contribution in [-0.4, -0.2) is 65.6 Å². The molecule has 3 heterocycles. The molecule has 0 radical (unpaired) electrons. The average molecular weight is 338 g/mol. The number of aromatic nitrogens is 1. The summed E-state index contributed by atoms with van der Waals surface area (Å²) in [6, 6.07) is 9.03. The summed E-state index contributed by atoms with van der Waals surface area (Å²) in [5, 5.41) is 9.50. The van der Waals surface area contributed by atoms with E-state index >= 15 is 0 Å². The Labute approximate surface area is 147 Å². The van der Waals surface area contributed by atoms with E-state index in [2.05, 4.69) is 27.9 Å². The first-order chi connectivity index (χ1) is 12.1. The van der Waals surface area contributed by atoms with Gasteiger partial charge in [-0.1, -0.05) is 12.2 Å². The van der Waals surface area contributed by atoms with Gasteiger partial charge in [-0.2, -0.15) is 0 Å². The number of amides is 1. The largest absolute Gasteiger partial charge is 0.508 e. The van der Waals surface area contributed by atoms with Gasteiger partial charge in [-0.05, 0) is 37.4 Å². The van der Waals surface area contributed by atoms with E-state index in [-0.39, 0.29) is 11.7 Å². The lowest BCUT2D eigenvalue weighted by Gasteiger charge is -2.32. The maximum absolute atomic E-state index is 12.8. The molecule has 2 aliphatic rings. The molecule has 6 heteroatoms. The molecule has 130 valence electrons. The van der Waals surface area contributed by atoms with Crippen LogP contribution in [0.2, 0.25) is 0 Å². The molecule has 0 saturated carbocycles. The minimum atomic E-state index is 0.0570. The molecular weight excluding hydrogens is 316 g/mol. The number of carbonyl (C=O) groups excluding carboxylic acids is 1. The summed E-state index contributed by atoms with van der Waals surface area (Å²) in [5.74, 6) is 1.22. The van der Waals surface area contributed by atoms with Gasteiger partial charge in [-0.25, -0.2) is 0 Å². The Morgan fingerprint density at radius 2 is 1.84 bits per heavy atom. The highest BCUT2D eigenvalue weighted by Gasteiger charge is 2.25. The van der Waals surface area contributed by atoms with Crippen molar-refractivity contribution in [3.8, 4) is 5.75 Å².